The average molecular weight is 447 g/mol. The summed E-state index contributed by atoms with van der Waals surface area (Å²) in [5.41, 5.74) is 2.18. The number of benzene rings is 2. The molecule has 0 aliphatic rings. The largest absolute Gasteiger partial charge is 0.282 e. The van der Waals surface area contributed by atoms with Crippen molar-refractivity contribution in [3.05, 3.63) is 76.2 Å². The van der Waals surface area contributed by atoms with Gasteiger partial charge in [0.2, 0.25) is 10.0 Å². The lowest BCUT2D eigenvalue weighted by molar-refractivity contribution is -0.384. The van der Waals surface area contributed by atoms with Gasteiger partial charge >= 0.3 is 0 Å². The van der Waals surface area contributed by atoms with E-state index in [2.05, 4.69) is 10.2 Å². The van der Waals surface area contributed by atoms with E-state index in [0.29, 0.717) is 24.2 Å². The van der Waals surface area contributed by atoms with Crippen molar-refractivity contribution in [3.8, 4) is 11.3 Å². The third kappa shape index (κ3) is 5.74. The van der Waals surface area contributed by atoms with Crippen LogP contribution in [-0.2, 0) is 16.4 Å². The van der Waals surface area contributed by atoms with Crippen LogP contribution in [0.1, 0.15) is 25.0 Å². The number of nitro benzene ring substituents is 1. The number of nitrogens with one attached hydrogen (secondary N) is 1. The number of unbranched alkanes of at least 4 members (excludes halogenated alkanes) is 2. The van der Waals surface area contributed by atoms with Crippen molar-refractivity contribution in [3.63, 3.8) is 0 Å². The smallest absolute Gasteiger partial charge is 0.269 e. The van der Waals surface area contributed by atoms with E-state index in [0.717, 1.165) is 25.0 Å². The molecule has 1 N–H and O–H groups in total. The quantitative estimate of drug-likeness (QED) is 0.286. The second-order valence-corrected chi connectivity index (χ2v) is 9.22. The molecule has 31 heavy (non-hydrogen) atoms. The minimum Gasteiger partial charge on any atom is -0.282 e. The van der Waals surface area contributed by atoms with Gasteiger partial charge in [-0.2, -0.15) is 5.10 Å². The predicted molar refractivity (Wildman–Crippen MR) is 114 cm³/mol. The summed E-state index contributed by atoms with van der Waals surface area (Å²) in [5.74, 6) is -0.310. The van der Waals surface area contributed by atoms with Crippen LogP contribution in [0, 0.1) is 15.9 Å². The molecule has 0 saturated heterocycles. The molecule has 8 nitrogen and oxygen atoms in total. The van der Waals surface area contributed by atoms with Gasteiger partial charge in [-0.05, 0) is 49.6 Å². The predicted octanol–water partition coefficient (Wildman–Crippen LogP) is 4.16. The lowest BCUT2D eigenvalue weighted by Gasteiger charge is -2.17. The van der Waals surface area contributed by atoms with Crippen LogP contribution in [0.5, 0.6) is 0 Å². The van der Waals surface area contributed by atoms with Crippen LogP contribution < -0.4 is 0 Å². The number of sulfonamides is 1. The topological polar surface area (TPSA) is 109 Å². The maximum absolute atomic E-state index is 13.3. The third-order valence-electron chi connectivity index (χ3n) is 4.93. The summed E-state index contributed by atoms with van der Waals surface area (Å²) in [4.78, 5) is 10.2. The van der Waals surface area contributed by atoms with Gasteiger partial charge in [0.1, 0.15) is 5.82 Å². The van der Waals surface area contributed by atoms with Gasteiger partial charge in [0, 0.05) is 37.0 Å². The number of aryl methyl sites for hydroxylation is 1. The number of non-ortho nitro benzene ring substituents is 1. The highest BCUT2D eigenvalue weighted by Gasteiger charge is 2.21. The first-order valence-electron chi connectivity index (χ1n) is 9.78. The van der Waals surface area contributed by atoms with Crippen molar-refractivity contribution in [2.24, 2.45) is 0 Å². The first kappa shape index (κ1) is 22.6. The van der Waals surface area contributed by atoms with Crippen molar-refractivity contribution in [1.29, 1.82) is 0 Å². The summed E-state index contributed by atoms with van der Waals surface area (Å²) < 4.78 is 39.8. The van der Waals surface area contributed by atoms with Gasteiger partial charge in [0.05, 0.1) is 15.5 Å². The van der Waals surface area contributed by atoms with Crippen molar-refractivity contribution in [2.45, 2.75) is 30.6 Å². The molecule has 0 radical (unpaired) electrons. The fourth-order valence-electron chi connectivity index (χ4n) is 3.15. The first-order valence-corrected chi connectivity index (χ1v) is 11.2. The Bertz CT molecular complexity index is 1150. The van der Waals surface area contributed by atoms with Crippen LogP contribution in [0.15, 0.2) is 59.5 Å². The normalized spacial score (nSPS) is 11.7. The zero-order valence-corrected chi connectivity index (χ0v) is 17.8. The van der Waals surface area contributed by atoms with Crippen LogP contribution >= 0.6 is 0 Å². The van der Waals surface area contributed by atoms with Crippen molar-refractivity contribution in [1.82, 2.24) is 14.5 Å². The van der Waals surface area contributed by atoms with Gasteiger partial charge in [0.25, 0.3) is 5.69 Å². The highest BCUT2D eigenvalue weighted by Crippen LogP contribution is 2.21. The molecule has 1 aromatic heterocycles. The Kier molecular flexibility index (Phi) is 7.13. The van der Waals surface area contributed by atoms with Crippen molar-refractivity contribution >= 4 is 15.7 Å². The molecule has 0 aliphatic heterocycles. The molecular formula is C21H23FN4O4S. The fourth-order valence-corrected chi connectivity index (χ4v) is 4.36. The molecule has 0 amide bonds. The molecule has 0 aliphatic carbocycles. The summed E-state index contributed by atoms with van der Waals surface area (Å²) in [6.45, 7) is 0.344. The highest BCUT2D eigenvalue weighted by atomic mass is 32.2. The summed E-state index contributed by atoms with van der Waals surface area (Å²) in [7, 11) is -2.19. The summed E-state index contributed by atoms with van der Waals surface area (Å²) in [6, 6.07) is 13.0. The number of H-pyrrole nitrogens is 1. The molecule has 1 heterocycles. The molecule has 10 heteroatoms. The zero-order valence-electron chi connectivity index (χ0n) is 17.0. The van der Waals surface area contributed by atoms with Crippen LogP contribution in [0.25, 0.3) is 11.3 Å². The molecule has 0 saturated carbocycles. The number of aromatic nitrogens is 2. The molecule has 0 unspecified atom stereocenters. The van der Waals surface area contributed by atoms with Gasteiger partial charge < -0.3 is 0 Å². The number of nitro groups is 1. The Labute approximate surface area is 179 Å². The van der Waals surface area contributed by atoms with Crippen LogP contribution in [-0.4, -0.2) is 41.4 Å². The fraction of sp³-hybridized carbons (Fsp3) is 0.286. The van der Waals surface area contributed by atoms with E-state index >= 15 is 0 Å². The van der Waals surface area contributed by atoms with E-state index in [4.69, 9.17) is 0 Å². The second-order valence-electron chi connectivity index (χ2n) is 7.18. The third-order valence-corrected chi connectivity index (χ3v) is 6.80. The Morgan fingerprint density at radius 1 is 1.10 bits per heavy atom. The van der Waals surface area contributed by atoms with Crippen LogP contribution in [0.3, 0.4) is 0 Å². The molecule has 164 valence electrons. The Balaban J connectivity index is 1.45. The Morgan fingerprint density at radius 3 is 2.52 bits per heavy atom. The highest BCUT2D eigenvalue weighted by molar-refractivity contribution is 7.89. The SMILES string of the molecule is CN(CCCCCc1cc(-c2cccc(F)c2)n[nH]1)S(=O)(=O)c1ccc([N+](=O)[O-])cc1. The number of nitrogens with zero attached hydrogens (tertiary/aromatic N) is 3. The molecule has 0 fully saturated rings. The van der Waals surface area contributed by atoms with E-state index in [-0.39, 0.29) is 16.4 Å². The van der Waals surface area contributed by atoms with Gasteiger partial charge in [-0.25, -0.2) is 17.1 Å². The molecule has 0 spiro atoms. The Morgan fingerprint density at radius 2 is 1.84 bits per heavy atom. The molecular weight excluding hydrogens is 423 g/mol. The van der Waals surface area contributed by atoms with E-state index in [1.54, 1.807) is 12.1 Å². The minimum atomic E-state index is -3.69. The van der Waals surface area contributed by atoms with E-state index in [1.807, 2.05) is 6.07 Å². The lowest BCUT2D eigenvalue weighted by atomic mass is 10.1. The molecule has 3 aromatic rings. The summed E-state index contributed by atoms with van der Waals surface area (Å²) in [5, 5.41) is 17.9. The van der Waals surface area contributed by atoms with Crippen molar-refractivity contribution < 1.29 is 17.7 Å². The number of halogens is 1. The summed E-state index contributed by atoms with van der Waals surface area (Å²) in [6.07, 6.45) is 3.08. The number of hydrogen-bond donors (Lipinski definition) is 1. The van der Waals surface area contributed by atoms with E-state index < -0.39 is 14.9 Å². The zero-order chi connectivity index (χ0) is 22.4. The van der Waals surface area contributed by atoms with E-state index in [9.17, 15) is 22.9 Å². The maximum atomic E-state index is 13.3. The molecule has 3 rings (SSSR count). The standard InChI is InChI=1S/C21H23FN4O4S/c1-25(31(29,30)20-11-9-19(10-12-20)26(27)28)13-4-2-3-8-18-15-21(24-23-18)16-6-5-7-17(22)14-16/h5-7,9-12,14-15H,2-4,8,13H2,1H3,(H,23,24). The number of aromatic amines is 1. The maximum Gasteiger partial charge on any atom is 0.269 e. The molecule has 2 aromatic carbocycles. The number of hydrogen-bond acceptors (Lipinski definition) is 5. The van der Waals surface area contributed by atoms with Gasteiger partial charge in [-0.15, -0.1) is 0 Å². The molecule has 0 bridgehead atoms. The second kappa shape index (κ2) is 9.80. The van der Waals surface area contributed by atoms with Gasteiger partial charge in [0.15, 0.2) is 0 Å². The average Bonchev–Trinajstić information content (AvgIpc) is 3.22. The van der Waals surface area contributed by atoms with Gasteiger partial charge in [-0.1, -0.05) is 18.6 Å². The van der Waals surface area contributed by atoms with E-state index in [1.165, 1.54) is 47.8 Å². The number of rotatable bonds is 10. The van der Waals surface area contributed by atoms with Crippen LogP contribution in [0.4, 0.5) is 10.1 Å². The molecule has 0 atom stereocenters. The first-order chi connectivity index (χ1) is 14.8. The van der Waals surface area contributed by atoms with Crippen molar-refractivity contribution in [2.75, 3.05) is 13.6 Å². The minimum absolute atomic E-state index is 0.0305. The summed E-state index contributed by atoms with van der Waals surface area (Å²) >= 11 is 0. The lowest BCUT2D eigenvalue weighted by Crippen LogP contribution is -2.28. The monoisotopic (exact) mass is 446 g/mol. The Hall–Kier alpha value is -3.11. The van der Waals surface area contributed by atoms with Crippen LogP contribution in [0.2, 0.25) is 0 Å². The van der Waals surface area contributed by atoms with Gasteiger partial charge in [-0.3, -0.25) is 15.2 Å².